The summed E-state index contributed by atoms with van der Waals surface area (Å²) in [7, 11) is 0. The minimum absolute atomic E-state index is 0.0913. The smallest absolute Gasteiger partial charge is 0.120 e. The zero-order chi connectivity index (χ0) is 9.84. The van der Waals surface area contributed by atoms with E-state index in [0.29, 0.717) is 6.54 Å². The van der Waals surface area contributed by atoms with E-state index in [-0.39, 0.29) is 12.4 Å². The fourth-order valence-electron chi connectivity index (χ4n) is 1.22. The maximum absolute atomic E-state index is 9.42. The van der Waals surface area contributed by atoms with E-state index in [1.165, 1.54) is 0 Å². The first-order valence-electron chi connectivity index (χ1n) is 4.30. The molecule has 0 aliphatic carbocycles. The van der Waals surface area contributed by atoms with Crippen molar-refractivity contribution in [3.8, 4) is 5.75 Å². The number of aliphatic hydroxyl groups excluding tert-OH is 1. The third-order valence-corrected chi connectivity index (χ3v) is 1.97. The summed E-state index contributed by atoms with van der Waals surface area (Å²) in [6.45, 7) is 4.42. The van der Waals surface area contributed by atoms with E-state index in [1.54, 1.807) is 6.07 Å². The van der Waals surface area contributed by atoms with Crippen LogP contribution in [-0.4, -0.2) is 23.4 Å². The van der Waals surface area contributed by atoms with Gasteiger partial charge in [0.05, 0.1) is 6.61 Å². The van der Waals surface area contributed by atoms with Crippen LogP contribution in [0.4, 0.5) is 5.69 Å². The maximum atomic E-state index is 9.42. The minimum atomic E-state index is 0.0913. The van der Waals surface area contributed by atoms with Crippen molar-refractivity contribution in [2.45, 2.75) is 13.8 Å². The lowest BCUT2D eigenvalue weighted by atomic mass is 10.1. The average Bonchev–Trinajstić information content (AvgIpc) is 2.09. The molecule has 3 N–H and O–H groups in total. The molecule has 0 saturated heterocycles. The number of benzene rings is 1. The van der Waals surface area contributed by atoms with Gasteiger partial charge in [0, 0.05) is 18.3 Å². The van der Waals surface area contributed by atoms with E-state index in [0.717, 1.165) is 16.8 Å². The summed E-state index contributed by atoms with van der Waals surface area (Å²) in [6, 6.07) is 3.59. The molecule has 72 valence electrons. The average molecular weight is 181 g/mol. The van der Waals surface area contributed by atoms with Gasteiger partial charge in [-0.15, -0.1) is 0 Å². The van der Waals surface area contributed by atoms with E-state index < -0.39 is 0 Å². The molecule has 1 rings (SSSR count). The molecule has 1 aromatic carbocycles. The van der Waals surface area contributed by atoms with Crippen LogP contribution in [0.15, 0.2) is 12.1 Å². The number of aromatic hydroxyl groups is 1. The first-order valence-corrected chi connectivity index (χ1v) is 4.30. The standard InChI is InChI=1S/C10H15NO2/c1-7-5-8(2)10(13)6-9(7)11-3-4-12/h5-6,11-13H,3-4H2,1-2H3. The molecule has 3 heteroatoms. The number of nitrogens with one attached hydrogen (secondary N) is 1. The second kappa shape index (κ2) is 4.14. The van der Waals surface area contributed by atoms with Crippen molar-refractivity contribution in [3.05, 3.63) is 23.3 Å². The van der Waals surface area contributed by atoms with Gasteiger partial charge < -0.3 is 15.5 Å². The molecule has 0 radical (unpaired) electrons. The van der Waals surface area contributed by atoms with Crippen LogP contribution in [0.1, 0.15) is 11.1 Å². The summed E-state index contributed by atoms with van der Waals surface area (Å²) in [5.74, 6) is 0.283. The van der Waals surface area contributed by atoms with Gasteiger partial charge in [0.25, 0.3) is 0 Å². The summed E-state index contributed by atoms with van der Waals surface area (Å²) in [4.78, 5) is 0. The Morgan fingerprint density at radius 1 is 1.23 bits per heavy atom. The molecule has 0 bridgehead atoms. The first kappa shape index (κ1) is 9.86. The SMILES string of the molecule is Cc1cc(C)c(NCCO)cc1O. The molecule has 1 aromatic rings. The highest BCUT2D eigenvalue weighted by atomic mass is 16.3. The number of phenolic OH excluding ortho intramolecular Hbond substituents is 1. The molecule has 0 aliphatic heterocycles. The van der Waals surface area contributed by atoms with E-state index >= 15 is 0 Å². The predicted molar refractivity (Wildman–Crippen MR) is 53.2 cm³/mol. The van der Waals surface area contributed by atoms with E-state index in [2.05, 4.69) is 5.32 Å². The molecule has 3 nitrogen and oxygen atoms in total. The van der Waals surface area contributed by atoms with Gasteiger partial charge in [-0.05, 0) is 25.0 Å². The lowest BCUT2D eigenvalue weighted by Crippen LogP contribution is -2.06. The maximum Gasteiger partial charge on any atom is 0.120 e. The van der Waals surface area contributed by atoms with Gasteiger partial charge in [0.15, 0.2) is 0 Å². The predicted octanol–water partition coefficient (Wildman–Crippen LogP) is 1.41. The van der Waals surface area contributed by atoms with Gasteiger partial charge in [0.2, 0.25) is 0 Å². The second-order valence-electron chi connectivity index (χ2n) is 3.10. The van der Waals surface area contributed by atoms with Gasteiger partial charge in [-0.25, -0.2) is 0 Å². The van der Waals surface area contributed by atoms with E-state index in [1.807, 2.05) is 19.9 Å². The first-order chi connectivity index (χ1) is 6.15. The molecule has 0 atom stereocenters. The summed E-state index contributed by atoms with van der Waals surface area (Å²) in [5.41, 5.74) is 2.81. The van der Waals surface area contributed by atoms with Crippen molar-refractivity contribution in [2.75, 3.05) is 18.5 Å². The van der Waals surface area contributed by atoms with Crippen LogP contribution in [0.5, 0.6) is 5.75 Å². The van der Waals surface area contributed by atoms with Gasteiger partial charge >= 0.3 is 0 Å². The third kappa shape index (κ3) is 2.36. The zero-order valence-electron chi connectivity index (χ0n) is 7.96. The van der Waals surface area contributed by atoms with Crippen molar-refractivity contribution in [3.63, 3.8) is 0 Å². The Morgan fingerprint density at radius 3 is 2.54 bits per heavy atom. The highest BCUT2D eigenvalue weighted by Gasteiger charge is 2.01. The molecule has 0 unspecified atom stereocenters. The Morgan fingerprint density at radius 2 is 1.92 bits per heavy atom. The molecule has 0 amide bonds. The normalized spacial score (nSPS) is 10.1. The van der Waals surface area contributed by atoms with Gasteiger partial charge in [-0.3, -0.25) is 0 Å². The molecule has 0 spiro atoms. The Kier molecular flexibility index (Phi) is 3.14. The molecule has 13 heavy (non-hydrogen) atoms. The summed E-state index contributed by atoms with van der Waals surface area (Å²) >= 11 is 0. The van der Waals surface area contributed by atoms with Crippen LogP contribution in [0.25, 0.3) is 0 Å². The van der Waals surface area contributed by atoms with Crippen LogP contribution in [-0.2, 0) is 0 Å². The topological polar surface area (TPSA) is 52.5 Å². The third-order valence-electron chi connectivity index (χ3n) is 1.97. The molecule has 0 aromatic heterocycles. The van der Waals surface area contributed by atoms with Gasteiger partial charge in [-0.1, -0.05) is 6.07 Å². The van der Waals surface area contributed by atoms with Crippen LogP contribution in [0.3, 0.4) is 0 Å². The molecular weight excluding hydrogens is 166 g/mol. The Hall–Kier alpha value is -1.22. The monoisotopic (exact) mass is 181 g/mol. The van der Waals surface area contributed by atoms with Crippen LogP contribution < -0.4 is 5.32 Å². The van der Waals surface area contributed by atoms with Crippen molar-refractivity contribution >= 4 is 5.69 Å². The lowest BCUT2D eigenvalue weighted by molar-refractivity contribution is 0.311. The minimum Gasteiger partial charge on any atom is -0.508 e. The lowest BCUT2D eigenvalue weighted by Gasteiger charge is -2.10. The van der Waals surface area contributed by atoms with Gasteiger partial charge in [-0.2, -0.15) is 0 Å². The molecule has 0 saturated carbocycles. The number of anilines is 1. The molecule has 0 heterocycles. The summed E-state index contributed by atoms with van der Waals surface area (Å²) < 4.78 is 0. The number of hydrogen-bond donors (Lipinski definition) is 3. The van der Waals surface area contributed by atoms with Crippen molar-refractivity contribution in [1.82, 2.24) is 0 Å². The van der Waals surface area contributed by atoms with Crippen molar-refractivity contribution in [2.24, 2.45) is 0 Å². The van der Waals surface area contributed by atoms with Crippen LogP contribution in [0.2, 0.25) is 0 Å². The van der Waals surface area contributed by atoms with Crippen molar-refractivity contribution < 1.29 is 10.2 Å². The number of aliphatic hydroxyl groups is 1. The van der Waals surface area contributed by atoms with Crippen LogP contribution in [0, 0.1) is 13.8 Å². The number of phenols is 1. The largest absolute Gasteiger partial charge is 0.508 e. The number of rotatable bonds is 3. The van der Waals surface area contributed by atoms with E-state index in [9.17, 15) is 5.11 Å². The summed E-state index contributed by atoms with van der Waals surface area (Å²) in [6.07, 6.45) is 0. The number of aryl methyl sites for hydroxylation is 2. The zero-order valence-corrected chi connectivity index (χ0v) is 7.96. The highest BCUT2D eigenvalue weighted by molar-refractivity contribution is 5.56. The Balaban J connectivity index is 2.88. The molecule has 0 aliphatic rings. The second-order valence-corrected chi connectivity index (χ2v) is 3.10. The molecular formula is C10H15NO2. The molecule has 0 fully saturated rings. The number of hydrogen-bond acceptors (Lipinski definition) is 3. The van der Waals surface area contributed by atoms with E-state index in [4.69, 9.17) is 5.11 Å². The fourth-order valence-corrected chi connectivity index (χ4v) is 1.22. The Labute approximate surface area is 78.0 Å². The van der Waals surface area contributed by atoms with Crippen molar-refractivity contribution in [1.29, 1.82) is 0 Å². The van der Waals surface area contributed by atoms with Gasteiger partial charge in [0.1, 0.15) is 5.75 Å². The Bertz CT molecular complexity index is 297. The highest BCUT2D eigenvalue weighted by Crippen LogP contribution is 2.24. The summed E-state index contributed by atoms with van der Waals surface area (Å²) in [5, 5.41) is 21.1. The quantitative estimate of drug-likeness (QED) is 0.661. The fraction of sp³-hybridized carbons (Fsp3) is 0.400. The van der Waals surface area contributed by atoms with Crippen LogP contribution >= 0.6 is 0 Å².